The molecule has 1 aromatic heterocycles. The Morgan fingerprint density at radius 1 is 1.54 bits per heavy atom. The van der Waals surface area contributed by atoms with E-state index in [2.05, 4.69) is 29.0 Å². The van der Waals surface area contributed by atoms with Crippen LogP contribution in [0.1, 0.15) is 37.1 Å². The van der Waals surface area contributed by atoms with E-state index in [1.807, 2.05) is 0 Å². The van der Waals surface area contributed by atoms with Crippen molar-refractivity contribution in [3.8, 4) is 0 Å². The van der Waals surface area contributed by atoms with Gasteiger partial charge in [-0.1, -0.05) is 13.8 Å². The second-order valence-electron chi connectivity index (χ2n) is 3.43. The number of carbonyl (C=O) groups is 1. The number of aromatic nitrogens is 3. The zero-order valence-electron chi connectivity index (χ0n) is 8.11. The van der Waals surface area contributed by atoms with Crippen molar-refractivity contribution in [2.75, 3.05) is 0 Å². The highest BCUT2D eigenvalue weighted by Gasteiger charge is 2.06. The molecular formula is C9H13N3O. The van der Waals surface area contributed by atoms with Gasteiger partial charge in [0.2, 0.25) is 5.82 Å². The number of hydrogen-bond acceptors (Lipinski definition) is 4. The Kier molecular flexibility index (Phi) is 3.06. The number of carbonyl (C=O) groups excluding carboxylic acids is 1. The minimum Gasteiger partial charge on any atom is -0.291 e. The summed E-state index contributed by atoms with van der Waals surface area (Å²) in [6.45, 7) is 5.63. The highest BCUT2D eigenvalue weighted by Crippen LogP contribution is 2.03. The molecule has 1 heterocycles. The van der Waals surface area contributed by atoms with Crippen LogP contribution >= 0.6 is 0 Å². The monoisotopic (exact) mass is 179 g/mol. The number of hydrogen-bond donors (Lipinski definition) is 0. The van der Waals surface area contributed by atoms with Crippen LogP contribution in [0.3, 0.4) is 0 Å². The highest BCUT2D eigenvalue weighted by atomic mass is 16.1. The molecule has 4 nitrogen and oxygen atoms in total. The summed E-state index contributed by atoms with van der Waals surface area (Å²) in [6.07, 6.45) is 2.43. The lowest BCUT2D eigenvalue weighted by molar-refractivity contribution is 0.100. The molecule has 13 heavy (non-hydrogen) atoms. The summed E-state index contributed by atoms with van der Waals surface area (Å²) in [7, 11) is 0. The van der Waals surface area contributed by atoms with Crippen LogP contribution in [-0.2, 0) is 6.42 Å². The lowest BCUT2D eigenvalue weighted by Gasteiger charge is -2.02. The van der Waals surface area contributed by atoms with Crippen molar-refractivity contribution >= 4 is 5.78 Å². The predicted molar refractivity (Wildman–Crippen MR) is 48.4 cm³/mol. The van der Waals surface area contributed by atoms with Gasteiger partial charge in [0, 0.05) is 6.92 Å². The first kappa shape index (κ1) is 9.77. The van der Waals surface area contributed by atoms with Gasteiger partial charge in [0.15, 0.2) is 5.78 Å². The van der Waals surface area contributed by atoms with Gasteiger partial charge >= 0.3 is 0 Å². The summed E-state index contributed by atoms with van der Waals surface area (Å²) in [6, 6.07) is 0. The lowest BCUT2D eigenvalue weighted by atomic mass is 10.1. The average Bonchev–Trinajstić information content (AvgIpc) is 2.03. The number of nitrogens with zero attached hydrogens (tertiary/aromatic N) is 3. The molecule has 0 saturated heterocycles. The molecule has 0 aliphatic heterocycles. The van der Waals surface area contributed by atoms with E-state index in [9.17, 15) is 4.79 Å². The molecule has 0 saturated carbocycles. The van der Waals surface area contributed by atoms with Crippen LogP contribution in [0, 0.1) is 5.92 Å². The van der Waals surface area contributed by atoms with Crippen molar-refractivity contribution in [2.45, 2.75) is 27.2 Å². The summed E-state index contributed by atoms with van der Waals surface area (Å²) in [5.41, 5.74) is 0.829. The fourth-order valence-electron chi connectivity index (χ4n) is 1.00. The highest BCUT2D eigenvalue weighted by molar-refractivity contribution is 5.89. The van der Waals surface area contributed by atoms with Crippen LogP contribution in [0.4, 0.5) is 0 Å². The fourth-order valence-corrected chi connectivity index (χ4v) is 1.00. The van der Waals surface area contributed by atoms with Crippen molar-refractivity contribution in [3.05, 3.63) is 17.7 Å². The van der Waals surface area contributed by atoms with Crippen LogP contribution in [0.25, 0.3) is 0 Å². The van der Waals surface area contributed by atoms with Crippen LogP contribution < -0.4 is 0 Å². The van der Waals surface area contributed by atoms with Gasteiger partial charge in [-0.25, -0.2) is 4.98 Å². The molecule has 0 bridgehead atoms. The van der Waals surface area contributed by atoms with E-state index >= 15 is 0 Å². The molecule has 1 aromatic rings. The first-order valence-electron chi connectivity index (χ1n) is 4.29. The molecule has 0 atom stereocenters. The number of ketones is 1. The molecule has 0 fully saturated rings. The molecule has 0 spiro atoms. The van der Waals surface area contributed by atoms with E-state index in [1.165, 1.54) is 6.92 Å². The zero-order chi connectivity index (χ0) is 9.84. The Bertz CT molecular complexity index is 309. The Labute approximate surface area is 77.4 Å². The molecule has 0 unspecified atom stereocenters. The van der Waals surface area contributed by atoms with Gasteiger partial charge in [0.25, 0.3) is 0 Å². The van der Waals surface area contributed by atoms with E-state index in [-0.39, 0.29) is 11.6 Å². The van der Waals surface area contributed by atoms with Crippen molar-refractivity contribution in [1.29, 1.82) is 0 Å². The van der Waals surface area contributed by atoms with E-state index in [0.29, 0.717) is 5.92 Å². The number of rotatable bonds is 3. The van der Waals surface area contributed by atoms with Crippen LogP contribution in [0.2, 0.25) is 0 Å². The van der Waals surface area contributed by atoms with Gasteiger partial charge in [0.05, 0.1) is 11.9 Å². The Hall–Kier alpha value is -1.32. The Morgan fingerprint density at radius 3 is 2.77 bits per heavy atom. The minimum atomic E-state index is -0.141. The van der Waals surface area contributed by atoms with Gasteiger partial charge in [-0.3, -0.25) is 4.79 Å². The summed E-state index contributed by atoms with van der Waals surface area (Å²) in [5, 5.41) is 7.36. The third kappa shape index (κ3) is 2.89. The Balaban J connectivity index is 2.85. The molecule has 1 rings (SSSR count). The van der Waals surface area contributed by atoms with Crippen LogP contribution in [-0.4, -0.2) is 21.0 Å². The lowest BCUT2D eigenvalue weighted by Crippen LogP contribution is -2.07. The van der Waals surface area contributed by atoms with E-state index in [1.54, 1.807) is 6.20 Å². The van der Waals surface area contributed by atoms with Gasteiger partial charge in [-0.05, 0) is 12.3 Å². The zero-order valence-corrected chi connectivity index (χ0v) is 8.11. The first-order chi connectivity index (χ1) is 6.09. The average molecular weight is 179 g/mol. The maximum absolute atomic E-state index is 10.9. The number of Topliss-reactive ketones (excluding diaryl/α,β-unsaturated/α-hetero) is 1. The maximum atomic E-state index is 10.9. The SMILES string of the molecule is CC(=O)c1nncc(CC(C)C)n1. The normalized spacial score (nSPS) is 10.5. The largest absolute Gasteiger partial charge is 0.291 e. The summed E-state index contributed by atoms with van der Waals surface area (Å²) < 4.78 is 0. The quantitative estimate of drug-likeness (QED) is 0.656. The third-order valence-electron chi connectivity index (χ3n) is 1.54. The molecule has 4 heteroatoms. The van der Waals surface area contributed by atoms with Gasteiger partial charge in [0.1, 0.15) is 0 Å². The predicted octanol–water partition coefficient (Wildman–Crippen LogP) is 1.27. The second-order valence-corrected chi connectivity index (χ2v) is 3.43. The minimum absolute atomic E-state index is 0.141. The molecule has 0 radical (unpaired) electrons. The molecule has 0 N–H and O–H groups in total. The maximum Gasteiger partial charge on any atom is 0.217 e. The van der Waals surface area contributed by atoms with Crippen molar-refractivity contribution in [1.82, 2.24) is 15.2 Å². The molecule has 0 aliphatic rings. The van der Waals surface area contributed by atoms with Gasteiger partial charge < -0.3 is 0 Å². The van der Waals surface area contributed by atoms with E-state index in [4.69, 9.17) is 0 Å². The smallest absolute Gasteiger partial charge is 0.217 e. The van der Waals surface area contributed by atoms with E-state index < -0.39 is 0 Å². The molecule has 0 aromatic carbocycles. The third-order valence-corrected chi connectivity index (χ3v) is 1.54. The molecule has 70 valence electrons. The standard InChI is InChI=1S/C9H13N3O/c1-6(2)4-8-5-10-12-9(11-8)7(3)13/h5-6H,4H2,1-3H3. The van der Waals surface area contributed by atoms with E-state index in [0.717, 1.165) is 12.1 Å². The van der Waals surface area contributed by atoms with Crippen molar-refractivity contribution < 1.29 is 4.79 Å². The van der Waals surface area contributed by atoms with Crippen molar-refractivity contribution in [3.63, 3.8) is 0 Å². The summed E-state index contributed by atoms with van der Waals surface area (Å²) in [4.78, 5) is 15.0. The summed E-state index contributed by atoms with van der Waals surface area (Å²) >= 11 is 0. The van der Waals surface area contributed by atoms with Crippen LogP contribution in [0.5, 0.6) is 0 Å². The molecular weight excluding hydrogens is 166 g/mol. The topological polar surface area (TPSA) is 55.7 Å². The fraction of sp³-hybridized carbons (Fsp3) is 0.556. The van der Waals surface area contributed by atoms with Gasteiger partial charge in [-0.2, -0.15) is 5.10 Å². The molecule has 0 aliphatic carbocycles. The van der Waals surface area contributed by atoms with Crippen LogP contribution in [0.15, 0.2) is 6.20 Å². The van der Waals surface area contributed by atoms with Gasteiger partial charge in [-0.15, -0.1) is 5.10 Å². The first-order valence-corrected chi connectivity index (χ1v) is 4.29. The Morgan fingerprint density at radius 2 is 2.23 bits per heavy atom. The van der Waals surface area contributed by atoms with Crippen molar-refractivity contribution in [2.24, 2.45) is 5.92 Å². The second kappa shape index (κ2) is 4.07. The summed E-state index contributed by atoms with van der Waals surface area (Å²) in [5.74, 6) is 0.577. The molecule has 0 amide bonds.